The molecule has 3 aromatic rings. The first kappa shape index (κ1) is 30.0. The van der Waals surface area contributed by atoms with Gasteiger partial charge in [-0.15, -0.1) is 0 Å². The molecule has 2 aromatic carbocycles. The summed E-state index contributed by atoms with van der Waals surface area (Å²) >= 11 is 5.88. The summed E-state index contributed by atoms with van der Waals surface area (Å²) in [6, 6.07) is 7.30. The molecule has 1 aromatic heterocycles. The minimum Gasteiger partial charge on any atom is -0.469 e. The van der Waals surface area contributed by atoms with Crippen LogP contribution in [0.25, 0.3) is 11.3 Å². The van der Waals surface area contributed by atoms with Crippen LogP contribution in [0.3, 0.4) is 0 Å². The van der Waals surface area contributed by atoms with Crippen LogP contribution < -0.4 is 10.6 Å². The number of fused-ring (bicyclic) bond motifs is 4. The highest BCUT2D eigenvalue weighted by Crippen LogP contribution is 2.37. The highest BCUT2D eigenvalue weighted by atomic mass is 35.5. The summed E-state index contributed by atoms with van der Waals surface area (Å²) < 4.78 is 34.0. The molecule has 0 unspecified atom stereocenters. The van der Waals surface area contributed by atoms with E-state index in [0.29, 0.717) is 54.0 Å². The molecule has 2 aliphatic rings. The van der Waals surface area contributed by atoms with E-state index in [2.05, 4.69) is 26.7 Å². The maximum absolute atomic E-state index is 14.7. The number of hydrogen-bond donors (Lipinski definition) is 3. The number of nitrogens with one attached hydrogen (secondary N) is 3. The van der Waals surface area contributed by atoms with Gasteiger partial charge in [-0.3, -0.25) is 9.59 Å². The average Bonchev–Trinajstić information content (AvgIpc) is 3.41. The zero-order valence-corrected chi connectivity index (χ0v) is 24.1. The van der Waals surface area contributed by atoms with E-state index in [0.717, 1.165) is 12.1 Å². The van der Waals surface area contributed by atoms with Crippen LogP contribution in [0.15, 0.2) is 30.3 Å². The lowest BCUT2D eigenvalue weighted by Gasteiger charge is -2.37. The fourth-order valence-electron chi connectivity index (χ4n) is 5.59. The number of rotatable bonds is 4. The normalized spacial score (nSPS) is 19.1. The van der Waals surface area contributed by atoms with E-state index in [-0.39, 0.29) is 48.0 Å². The smallest absolute Gasteiger partial charge is 0.318 e. The number of H-pyrrole nitrogens is 1. The maximum Gasteiger partial charge on any atom is 0.318 e. The highest BCUT2D eigenvalue weighted by molar-refractivity contribution is 6.30. The number of aromatic nitrogens is 2. The van der Waals surface area contributed by atoms with Crippen molar-refractivity contribution in [3.8, 4) is 17.3 Å². The minimum atomic E-state index is -0.915. The van der Waals surface area contributed by atoms with Crippen LogP contribution in [0.1, 0.15) is 73.3 Å². The second-order valence-corrected chi connectivity index (χ2v) is 10.9. The second-order valence-electron chi connectivity index (χ2n) is 10.5. The van der Waals surface area contributed by atoms with Crippen molar-refractivity contribution < 1.29 is 27.9 Å². The van der Waals surface area contributed by atoms with Crippen LogP contribution in [-0.4, -0.2) is 46.4 Å². The minimum absolute atomic E-state index is 0.00485. The molecule has 3 heterocycles. The number of methoxy groups -OCH3 is 1. The van der Waals surface area contributed by atoms with Crippen molar-refractivity contribution in [1.29, 1.82) is 5.26 Å². The van der Waals surface area contributed by atoms with E-state index < -0.39 is 35.7 Å². The lowest BCUT2D eigenvalue weighted by Crippen LogP contribution is -2.50. The number of nitriles is 1. The number of hydrogen-bond acceptors (Lipinski definition) is 6. The molecule has 3 N–H and O–H groups in total. The Kier molecular flexibility index (Phi) is 8.92. The van der Waals surface area contributed by atoms with Crippen molar-refractivity contribution >= 4 is 35.2 Å². The number of halogens is 3. The molecule has 0 spiro atoms. The largest absolute Gasteiger partial charge is 0.469 e. The van der Waals surface area contributed by atoms with Crippen LogP contribution in [0.4, 0.5) is 19.3 Å². The van der Waals surface area contributed by atoms with Crippen molar-refractivity contribution in [2.45, 2.75) is 57.0 Å². The molecule has 224 valence electrons. The Labute approximate surface area is 251 Å². The molecule has 43 heavy (non-hydrogen) atoms. The van der Waals surface area contributed by atoms with Gasteiger partial charge in [0.1, 0.15) is 23.5 Å². The topological polar surface area (TPSA) is 140 Å². The molecule has 0 radical (unpaired) electrons. The predicted octanol–water partition coefficient (Wildman–Crippen LogP) is 5.70. The number of nitrogens with zero attached hydrogens (tertiary/aromatic N) is 3. The number of carbonyl (C=O) groups is 3. The fraction of sp³-hybridized carbons (Fsp3) is 0.367. The van der Waals surface area contributed by atoms with Crippen LogP contribution in [-0.2, 0) is 20.7 Å². The molecular weight excluding hydrogens is 582 g/mol. The van der Waals surface area contributed by atoms with E-state index in [1.165, 1.54) is 7.11 Å². The molecule has 2 bridgehead atoms. The lowest BCUT2D eigenvalue weighted by atomic mass is 9.98. The zero-order chi connectivity index (χ0) is 30.7. The molecule has 0 aliphatic carbocycles. The SMILES string of the molecule is COC(=O)Cc1ccc2c(c1)NC(=O)CCCCC[C@H](N1CC[C@H](c3c(F)ccc(Cl)c3F)NC1=O)c1nc(C#N)c-2[nH]1. The van der Waals surface area contributed by atoms with E-state index in [4.69, 9.17) is 16.3 Å². The summed E-state index contributed by atoms with van der Waals surface area (Å²) in [7, 11) is 1.29. The first-order valence-electron chi connectivity index (χ1n) is 13.9. The Bertz CT molecular complexity index is 1620. The second kappa shape index (κ2) is 12.8. The van der Waals surface area contributed by atoms with Crippen molar-refractivity contribution in [3.05, 3.63) is 69.6 Å². The number of imidazole rings is 1. The van der Waals surface area contributed by atoms with E-state index in [1.807, 2.05) is 0 Å². The van der Waals surface area contributed by atoms with Gasteiger partial charge in [-0.05, 0) is 43.0 Å². The van der Waals surface area contributed by atoms with Crippen LogP contribution >= 0.6 is 11.6 Å². The van der Waals surface area contributed by atoms with Crippen molar-refractivity contribution in [3.63, 3.8) is 0 Å². The number of carbonyl (C=O) groups excluding carboxylic acids is 3. The standard InChI is InChI=1S/C30H29ClF2N6O4/c1-43-25(41)14-16-7-8-17-21(13-16)35-24(40)6-4-2-3-5-23(29-36-22(15-34)28(17)38-29)39-12-11-20(37-30(39)42)26-19(32)10-9-18(31)27(26)33/h7-10,13,20,23H,2-6,11-12,14H2,1H3,(H,35,40)(H,36,38)(H,37,42)/t20-,23+/m1/s1. The van der Waals surface area contributed by atoms with Gasteiger partial charge in [0.05, 0.1) is 42.0 Å². The Hall–Kier alpha value is -4.50. The number of anilines is 1. The summed E-state index contributed by atoms with van der Waals surface area (Å²) in [6.07, 6.45) is 2.87. The Morgan fingerprint density at radius 2 is 2.00 bits per heavy atom. The van der Waals surface area contributed by atoms with Gasteiger partial charge >= 0.3 is 12.0 Å². The quantitative estimate of drug-likeness (QED) is 0.256. The third kappa shape index (κ3) is 6.32. The van der Waals surface area contributed by atoms with Gasteiger partial charge in [0.15, 0.2) is 5.69 Å². The highest BCUT2D eigenvalue weighted by Gasteiger charge is 2.36. The summed E-state index contributed by atoms with van der Waals surface area (Å²) in [5.41, 5.74) is 1.62. The summed E-state index contributed by atoms with van der Waals surface area (Å²) in [4.78, 5) is 47.4. The summed E-state index contributed by atoms with van der Waals surface area (Å²) in [5.74, 6) is -1.99. The Morgan fingerprint density at radius 1 is 1.19 bits per heavy atom. The molecule has 13 heteroatoms. The van der Waals surface area contributed by atoms with Crippen LogP contribution in [0.2, 0.25) is 5.02 Å². The van der Waals surface area contributed by atoms with E-state index in [1.54, 1.807) is 23.1 Å². The number of aromatic amines is 1. The molecule has 1 fully saturated rings. The third-order valence-corrected chi connectivity index (χ3v) is 8.04. The number of amides is 3. The van der Waals surface area contributed by atoms with Crippen LogP contribution in [0, 0.1) is 23.0 Å². The van der Waals surface area contributed by atoms with Gasteiger partial charge < -0.3 is 25.3 Å². The number of benzene rings is 2. The average molecular weight is 611 g/mol. The van der Waals surface area contributed by atoms with Crippen molar-refractivity contribution in [2.24, 2.45) is 0 Å². The van der Waals surface area contributed by atoms with Gasteiger partial charge in [-0.25, -0.2) is 18.6 Å². The first-order valence-corrected chi connectivity index (χ1v) is 14.3. The molecule has 2 atom stereocenters. The molecule has 1 saturated heterocycles. The Morgan fingerprint density at radius 3 is 2.74 bits per heavy atom. The number of esters is 1. The summed E-state index contributed by atoms with van der Waals surface area (Å²) in [5, 5.41) is 15.4. The molecule has 2 aliphatic heterocycles. The maximum atomic E-state index is 14.7. The fourth-order valence-corrected chi connectivity index (χ4v) is 5.75. The third-order valence-electron chi connectivity index (χ3n) is 7.75. The van der Waals surface area contributed by atoms with Gasteiger partial charge in [-0.1, -0.05) is 36.6 Å². The monoisotopic (exact) mass is 610 g/mol. The predicted molar refractivity (Wildman–Crippen MR) is 153 cm³/mol. The lowest BCUT2D eigenvalue weighted by molar-refractivity contribution is -0.139. The van der Waals surface area contributed by atoms with E-state index >= 15 is 0 Å². The molecule has 0 saturated carbocycles. The van der Waals surface area contributed by atoms with Gasteiger partial charge in [0.2, 0.25) is 5.91 Å². The molecule has 3 amide bonds. The molecular formula is C30H29ClF2N6O4. The zero-order valence-electron chi connectivity index (χ0n) is 23.3. The molecule has 5 rings (SSSR count). The van der Waals surface area contributed by atoms with Crippen LogP contribution in [0.5, 0.6) is 0 Å². The molecule has 10 nitrogen and oxygen atoms in total. The van der Waals surface area contributed by atoms with Gasteiger partial charge in [0.25, 0.3) is 0 Å². The Balaban J connectivity index is 1.50. The summed E-state index contributed by atoms with van der Waals surface area (Å²) in [6.45, 7) is 0.165. The number of ether oxygens (including phenoxy) is 1. The van der Waals surface area contributed by atoms with Gasteiger partial charge in [0, 0.05) is 24.1 Å². The first-order chi connectivity index (χ1) is 20.7. The van der Waals surface area contributed by atoms with Gasteiger partial charge in [-0.2, -0.15) is 5.26 Å². The number of urea groups is 1. The van der Waals surface area contributed by atoms with E-state index in [9.17, 15) is 28.4 Å². The van der Waals surface area contributed by atoms with Crippen molar-refractivity contribution in [1.82, 2.24) is 20.2 Å². The van der Waals surface area contributed by atoms with Crippen molar-refractivity contribution in [2.75, 3.05) is 19.0 Å².